The summed E-state index contributed by atoms with van der Waals surface area (Å²) in [4.78, 5) is 35.7. The number of likely N-dealkylation sites (N-methyl/N-ethyl adjacent to an activating group) is 1. The van der Waals surface area contributed by atoms with Gasteiger partial charge in [-0.25, -0.2) is 0 Å². The Labute approximate surface area is 103 Å². The van der Waals surface area contributed by atoms with Crippen LogP contribution < -0.4 is 5.32 Å². The molecule has 0 aliphatic heterocycles. The molecular weight excluding hydrogens is 220 g/mol. The van der Waals surface area contributed by atoms with Crippen LogP contribution >= 0.6 is 0 Å². The van der Waals surface area contributed by atoms with E-state index in [0.29, 0.717) is 0 Å². The van der Waals surface area contributed by atoms with Crippen LogP contribution in [0.15, 0.2) is 0 Å². The fraction of sp³-hybridized carbons (Fsp3) is 0.750. The van der Waals surface area contributed by atoms with Crippen LogP contribution in [-0.4, -0.2) is 42.1 Å². The van der Waals surface area contributed by atoms with Crippen LogP contribution in [0.25, 0.3) is 0 Å². The number of ketones is 1. The van der Waals surface area contributed by atoms with Crippen molar-refractivity contribution in [3.8, 4) is 0 Å². The van der Waals surface area contributed by atoms with Gasteiger partial charge in [-0.1, -0.05) is 20.8 Å². The number of nitrogens with zero attached hydrogens (tertiary/aromatic N) is 1. The van der Waals surface area contributed by atoms with E-state index in [2.05, 4.69) is 5.32 Å². The van der Waals surface area contributed by atoms with Gasteiger partial charge in [0.05, 0.1) is 6.54 Å². The van der Waals surface area contributed by atoms with Crippen LogP contribution in [-0.2, 0) is 14.4 Å². The third-order valence-electron chi connectivity index (χ3n) is 2.24. The number of hydrogen-bond donors (Lipinski definition) is 1. The normalized spacial score (nSPS) is 12.8. The number of Topliss-reactive ketones (excluding diaryl/α,β-unsaturated/α-hetero) is 1. The van der Waals surface area contributed by atoms with Crippen molar-refractivity contribution in [2.75, 3.05) is 13.6 Å². The lowest BCUT2D eigenvalue weighted by molar-refractivity contribution is -0.138. The van der Waals surface area contributed by atoms with Crippen molar-refractivity contribution in [2.24, 2.45) is 5.41 Å². The van der Waals surface area contributed by atoms with Gasteiger partial charge >= 0.3 is 0 Å². The molecule has 0 bridgehead atoms. The Bertz CT molecular complexity index is 318. The van der Waals surface area contributed by atoms with E-state index in [-0.39, 0.29) is 24.1 Å². The average molecular weight is 242 g/mol. The molecule has 0 radical (unpaired) electrons. The van der Waals surface area contributed by atoms with Gasteiger partial charge in [0.25, 0.3) is 0 Å². The Kier molecular flexibility index (Phi) is 5.32. The lowest BCUT2D eigenvalue weighted by Crippen LogP contribution is -2.49. The maximum absolute atomic E-state index is 11.8. The molecule has 0 aromatic rings. The summed E-state index contributed by atoms with van der Waals surface area (Å²) in [6.07, 6.45) is 0. The lowest BCUT2D eigenvalue weighted by Gasteiger charge is -2.24. The van der Waals surface area contributed by atoms with Crippen LogP contribution in [0.4, 0.5) is 0 Å². The van der Waals surface area contributed by atoms with Crippen molar-refractivity contribution >= 4 is 17.6 Å². The summed E-state index contributed by atoms with van der Waals surface area (Å²) in [6.45, 7) is 8.43. The third-order valence-corrected chi connectivity index (χ3v) is 2.24. The Morgan fingerprint density at radius 3 is 2.06 bits per heavy atom. The molecule has 0 aromatic carbocycles. The smallest absolute Gasteiger partial charge is 0.245 e. The summed E-state index contributed by atoms with van der Waals surface area (Å²) < 4.78 is 0. The van der Waals surface area contributed by atoms with E-state index < -0.39 is 11.5 Å². The van der Waals surface area contributed by atoms with Gasteiger partial charge in [-0.2, -0.15) is 0 Å². The first-order valence-corrected chi connectivity index (χ1v) is 5.61. The number of carbonyl (C=O) groups is 3. The summed E-state index contributed by atoms with van der Waals surface area (Å²) >= 11 is 0. The van der Waals surface area contributed by atoms with Crippen molar-refractivity contribution in [3.63, 3.8) is 0 Å². The van der Waals surface area contributed by atoms with Gasteiger partial charge in [-0.15, -0.1) is 0 Å². The summed E-state index contributed by atoms with van der Waals surface area (Å²) in [5, 5.41) is 2.63. The van der Waals surface area contributed by atoms with Gasteiger partial charge in [0.15, 0.2) is 0 Å². The van der Waals surface area contributed by atoms with Crippen LogP contribution in [0.2, 0.25) is 0 Å². The molecule has 0 fully saturated rings. The fourth-order valence-corrected chi connectivity index (χ4v) is 1.22. The molecule has 2 amide bonds. The maximum Gasteiger partial charge on any atom is 0.245 e. The molecule has 0 aliphatic rings. The standard InChI is InChI=1S/C12H22N2O3/c1-8(15)7-14(6)10(16)9(2)13-11(17)12(3,4)5/h9H,7H2,1-6H3,(H,13,17)/t9-/m0/s1. The average Bonchev–Trinajstić information content (AvgIpc) is 2.13. The first-order chi connectivity index (χ1) is 7.55. The molecule has 0 spiro atoms. The number of rotatable bonds is 4. The molecular formula is C12H22N2O3. The molecule has 5 nitrogen and oxygen atoms in total. The number of nitrogens with one attached hydrogen (secondary N) is 1. The van der Waals surface area contributed by atoms with Crippen LogP contribution in [0.3, 0.4) is 0 Å². The quantitative estimate of drug-likeness (QED) is 0.784. The van der Waals surface area contributed by atoms with Gasteiger partial charge < -0.3 is 10.2 Å². The van der Waals surface area contributed by atoms with E-state index in [4.69, 9.17) is 0 Å². The summed E-state index contributed by atoms with van der Waals surface area (Å²) in [5.74, 6) is -0.539. The molecule has 98 valence electrons. The van der Waals surface area contributed by atoms with Gasteiger partial charge in [0.1, 0.15) is 11.8 Å². The Balaban J connectivity index is 4.42. The maximum atomic E-state index is 11.8. The first-order valence-electron chi connectivity index (χ1n) is 5.61. The summed E-state index contributed by atoms with van der Waals surface area (Å²) in [6, 6.07) is -0.619. The highest BCUT2D eigenvalue weighted by molar-refractivity contribution is 5.91. The molecule has 1 atom stereocenters. The highest BCUT2D eigenvalue weighted by Gasteiger charge is 2.26. The molecule has 0 rings (SSSR count). The van der Waals surface area contributed by atoms with Gasteiger partial charge in [-0.05, 0) is 13.8 Å². The molecule has 0 aromatic heterocycles. The predicted octanol–water partition coefficient (Wildman–Crippen LogP) is 0.585. The van der Waals surface area contributed by atoms with E-state index >= 15 is 0 Å². The number of amides is 2. The zero-order valence-corrected chi connectivity index (χ0v) is 11.5. The number of hydrogen-bond acceptors (Lipinski definition) is 3. The predicted molar refractivity (Wildman–Crippen MR) is 65.4 cm³/mol. The minimum atomic E-state index is -0.619. The SMILES string of the molecule is CC(=O)CN(C)C(=O)[C@H](C)NC(=O)C(C)(C)C. The van der Waals surface area contributed by atoms with E-state index in [1.54, 1.807) is 34.7 Å². The molecule has 5 heteroatoms. The highest BCUT2D eigenvalue weighted by Crippen LogP contribution is 2.13. The summed E-state index contributed by atoms with van der Waals surface area (Å²) in [5.41, 5.74) is -0.534. The van der Waals surface area contributed by atoms with Gasteiger partial charge in [0.2, 0.25) is 11.8 Å². The van der Waals surface area contributed by atoms with Gasteiger partial charge in [-0.3, -0.25) is 14.4 Å². The van der Waals surface area contributed by atoms with Crippen LogP contribution in [0.1, 0.15) is 34.6 Å². The Morgan fingerprint density at radius 2 is 1.71 bits per heavy atom. The van der Waals surface area contributed by atoms with Crippen molar-refractivity contribution in [1.29, 1.82) is 0 Å². The van der Waals surface area contributed by atoms with E-state index in [1.165, 1.54) is 11.8 Å². The number of carbonyl (C=O) groups excluding carboxylic acids is 3. The van der Waals surface area contributed by atoms with E-state index in [9.17, 15) is 14.4 Å². The van der Waals surface area contributed by atoms with Crippen molar-refractivity contribution < 1.29 is 14.4 Å². The van der Waals surface area contributed by atoms with Crippen LogP contribution in [0.5, 0.6) is 0 Å². The molecule has 0 aliphatic carbocycles. The molecule has 0 heterocycles. The first kappa shape index (κ1) is 15.6. The van der Waals surface area contributed by atoms with Gasteiger partial charge in [0, 0.05) is 12.5 Å². The second-order valence-electron chi connectivity index (χ2n) is 5.34. The third kappa shape index (κ3) is 5.47. The van der Waals surface area contributed by atoms with Crippen molar-refractivity contribution in [1.82, 2.24) is 10.2 Å². The van der Waals surface area contributed by atoms with E-state index in [1.807, 2.05) is 0 Å². The zero-order valence-electron chi connectivity index (χ0n) is 11.5. The monoisotopic (exact) mass is 242 g/mol. The lowest BCUT2D eigenvalue weighted by atomic mass is 9.95. The van der Waals surface area contributed by atoms with E-state index in [0.717, 1.165) is 0 Å². The molecule has 17 heavy (non-hydrogen) atoms. The Morgan fingerprint density at radius 1 is 1.24 bits per heavy atom. The second kappa shape index (κ2) is 5.80. The minimum absolute atomic E-state index is 0.0640. The van der Waals surface area contributed by atoms with Crippen molar-refractivity contribution in [2.45, 2.75) is 40.7 Å². The zero-order chi connectivity index (χ0) is 13.8. The molecule has 1 N–H and O–H groups in total. The van der Waals surface area contributed by atoms with Crippen molar-refractivity contribution in [3.05, 3.63) is 0 Å². The molecule has 0 unspecified atom stereocenters. The topological polar surface area (TPSA) is 66.5 Å². The highest BCUT2D eigenvalue weighted by atomic mass is 16.2. The van der Waals surface area contributed by atoms with Crippen LogP contribution in [0, 0.1) is 5.41 Å². The second-order valence-corrected chi connectivity index (χ2v) is 5.34. The minimum Gasteiger partial charge on any atom is -0.344 e. The largest absolute Gasteiger partial charge is 0.344 e. The summed E-state index contributed by atoms with van der Waals surface area (Å²) in [7, 11) is 1.55. The molecule has 0 saturated heterocycles. The molecule has 0 saturated carbocycles. The fourth-order valence-electron chi connectivity index (χ4n) is 1.22. The Hall–Kier alpha value is -1.39.